The maximum Gasteiger partial charge on any atom is 0.311 e. The van der Waals surface area contributed by atoms with Crippen molar-refractivity contribution in [2.45, 2.75) is 41.0 Å². The molecule has 0 aromatic carbocycles. The van der Waals surface area contributed by atoms with Crippen LogP contribution in [-0.4, -0.2) is 62.1 Å². The molecule has 1 rings (SSSR count). The molecule has 0 saturated carbocycles. The number of hydrogen-bond acceptors (Lipinski definition) is 4. The van der Waals surface area contributed by atoms with Gasteiger partial charge in [-0.2, -0.15) is 0 Å². The van der Waals surface area contributed by atoms with Crippen LogP contribution < -0.4 is 0 Å². The maximum absolute atomic E-state index is 12.2. The fourth-order valence-corrected chi connectivity index (χ4v) is 2.09. The molecule has 0 N–H and O–H groups in total. The van der Waals surface area contributed by atoms with E-state index < -0.39 is 5.41 Å². The molecule has 0 amide bonds. The molecule has 4 heteroatoms. The third kappa shape index (κ3) is 6.23. The summed E-state index contributed by atoms with van der Waals surface area (Å²) >= 11 is 0. The molecule has 0 atom stereocenters. The van der Waals surface area contributed by atoms with Crippen molar-refractivity contribution in [1.29, 1.82) is 0 Å². The van der Waals surface area contributed by atoms with Crippen molar-refractivity contribution in [3.63, 3.8) is 0 Å². The third-order valence-electron chi connectivity index (χ3n) is 3.84. The van der Waals surface area contributed by atoms with Crippen molar-refractivity contribution in [2.24, 2.45) is 10.8 Å². The number of rotatable bonds is 5. The number of esters is 1. The second-order valence-corrected chi connectivity index (χ2v) is 7.92. The lowest BCUT2D eigenvalue weighted by molar-refractivity contribution is -0.157. The number of carbonyl (C=O) groups excluding carboxylic acids is 1. The summed E-state index contributed by atoms with van der Waals surface area (Å²) in [7, 11) is 2.16. The Labute approximate surface area is 124 Å². The minimum Gasteiger partial charge on any atom is -0.465 e. The maximum atomic E-state index is 12.2. The molecule has 4 nitrogen and oxygen atoms in total. The van der Waals surface area contributed by atoms with E-state index in [1.807, 2.05) is 13.8 Å². The van der Waals surface area contributed by atoms with Gasteiger partial charge in [0.2, 0.25) is 0 Å². The highest BCUT2D eigenvalue weighted by Gasteiger charge is 2.31. The van der Waals surface area contributed by atoms with Crippen molar-refractivity contribution in [3.8, 4) is 0 Å². The zero-order valence-corrected chi connectivity index (χ0v) is 14.2. The number of nitrogens with zero attached hydrogens (tertiary/aromatic N) is 2. The van der Waals surface area contributed by atoms with Crippen LogP contribution in [0.2, 0.25) is 0 Å². The summed E-state index contributed by atoms with van der Waals surface area (Å²) in [6.45, 7) is 16.1. The van der Waals surface area contributed by atoms with Crippen molar-refractivity contribution < 1.29 is 9.53 Å². The van der Waals surface area contributed by atoms with E-state index in [-0.39, 0.29) is 11.4 Å². The lowest BCUT2D eigenvalue weighted by Gasteiger charge is -2.34. The first-order chi connectivity index (χ1) is 9.10. The Bertz CT molecular complexity index is 313. The van der Waals surface area contributed by atoms with Gasteiger partial charge < -0.3 is 14.5 Å². The minimum absolute atomic E-state index is 0.0309. The van der Waals surface area contributed by atoms with Gasteiger partial charge in [-0.15, -0.1) is 0 Å². The number of carbonyl (C=O) groups is 1. The van der Waals surface area contributed by atoms with Gasteiger partial charge in [0.05, 0.1) is 12.0 Å². The molecule has 0 unspecified atom stereocenters. The summed E-state index contributed by atoms with van der Waals surface area (Å²) in [6, 6.07) is 0. The summed E-state index contributed by atoms with van der Waals surface area (Å²) in [5.41, 5.74) is -0.363. The molecule has 0 bridgehead atoms. The van der Waals surface area contributed by atoms with Crippen molar-refractivity contribution in [1.82, 2.24) is 9.80 Å². The fraction of sp³-hybridized carbons (Fsp3) is 0.938. The number of likely N-dealkylation sites (N-methyl/N-ethyl adjacent to an activating group) is 1. The van der Waals surface area contributed by atoms with E-state index >= 15 is 0 Å². The highest BCUT2D eigenvalue weighted by atomic mass is 16.5. The fourth-order valence-electron chi connectivity index (χ4n) is 2.09. The largest absolute Gasteiger partial charge is 0.465 e. The zero-order valence-electron chi connectivity index (χ0n) is 14.2. The van der Waals surface area contributed by atoms with Gasteiger partial charge in [-0.1, -0.05) is 20.8 Å². The molecular weight excluding hydrogens is 252 g/mol. The second-order valence-electron chi connectivity index (χ2n) is 7.92. The first-order valence-corrected chi connectivity index (χ1v) is 7.68. The molecule has 1 saturated heterocycles. The average molecular weight is 284 g/mol. The Kier molecular flexibility index (Phi) is 6.02. The van der Waals surface area contributed by atoms with Gasteiger partial charge in [0.1, 0.15) is 0 Å². The Hall–Kier alpha value is -0.610. The van der Waals surface area contributed by atoms with Crippen molar-refractivity contribution in [3.05, 3.63) is 0 Å². The molecule has 1 heterocycles. The van der Waals surface area contributed by atoms with E-state index in [1.165, 1.54) is 0 Å². The third-order valence-corrected chi connectivity index (χ3v) is 3.84. The molecule has 0 radical (unpaired) electrons. The normalized spacial score (nSPS) is 19.1. The predicted molar refractivity (Wildman–Crippen MR) is 82.7 cm³/mol. The molecule has 0 aliphatic carbocycles. The van der Waals surface area contributed by atoms with E-state index in [2.05, 4.69) is 37.6 Å². The van der Waals surface area contributed by atoms with E-state index in [1.54, 1.807) is 0 Å². The van der Waals surface area contributed by atoms with Crippen molar-refractivity contribution in [2.75, 3.05) is 46.4 Å². The zero-order chi connectivity index (χ0) is 15.4. The standard InChI is InChI=1S/C16H32N2O2/c1-15(2,3)13-20-14(19)16(4,5)7-8-18-11-9-17(6)10-12-18/h7-13H2,1-6H3. The van der Waals surface area contributed by atoms with Crippen LogP contribution in [-0.2, 0) is 9.53 Å². The molecule has 0 aromatic heterocycles. The summed E-state index contributed by atoms with van der Waals surface area (Å²) < 4.78 is 5.46. The molecule has 0 aromatic rings. The van der Waals surface area contributed by atoms with Gasteiger partial charge in [-0.25, -0.2) is 0 Å². The Morgan fingerprint density at radius 3 is 2.10 bits per heavy atom. The summed E-state index contributed by atoms with van der Waals surface area (Å²) in [5, 5.41) is 0. The van der Waals surface area contributed by atoms with Gasteiger partial charge >= 0.3 is 5.97 Å². The highest BCUT2D eigenvalue weighted by Crippen LogP contribution is 2.24. The molecule has 0 spiro atoms. The van der Waals surface area contributed by atoms with Crippen LogP contribution in [0.3, 0.4) is 0 Å². The van der Waals surface area contributed by atoms with Crippen LogP contribution in [0.1, 0.15) is 41.0 Å². The van der Waals surface area contributed by atoms with Crippen LogP contribution >= 0.6 is 0 Å². The van der Waals surface area contributed by atoms with Crippen molar-refractivity contribution >= 4 is 5.97 Å². The van der Waals surface area contributed by atoms with Crippen LogP contribution in [0.25, 0.3) is 0 Å². The van der Waals surface area contributed by atoms with Gasteiger partial charge in [0, 0.05) is 26.2 Å². The minimum atomic E-state index is -0.394. The van der Waals surface area contributed by atoms with E-state index in [9.17, 15) is 4.79 Å². The Morgan fingerprint density at radius 2 is 1.60 bits per heavy atom. The molecule has 20 heavy (non-hydrogen) atoms. The SMILES string of the molecule is CN1CCN(CCC(C)(C)C(=O)OCC(C)(C)C)CC1. The van der Waals surface area contributed by atoms with Crippen LogP contribution in [0.4, 0.5) is 0 Å². The van der Waals surface area contributed by atoms with Crippen LogP contribution in [0.5, 0.6) is 0 Å². The average Bonchev–Trinajstić information content (AvgIpc) is 2.34. The Balaban J connectivity index is 2.34. The van der Waals surface area contributed by atoms with Gasteiger partial charge in [-0.05, 0) is 39.3 Å². The first-order valence-electron chi connectivity index (χ1n) is 7.68. The van der Waals surface area contributed by atoms with E-state index in [0.717, 1.165) is 39.1 Å². The van der Waals surface area contributed by atoms with E-state index in [0.29, 0.717) is 6.61 Å². The molecule has 1 aliphatic rings. The summed E-state index contributed by atoms with van der Waals surface area (Å²) in [5.74, 6) is -0.0680. The van der Waals surface area contributed by atoms with Gasteiger partial charge in [0.15, 0.2) is 0 Å². The number of ether oxygens (including phenoxy) is 1. The highest BCUT2D eigenvalue weighted by molar-refractivity contribution is 5.75. The smallest absolute Gasteiger partial charge is 0.311 e. The molecule has 1 fully saturated rings. The molecule has 1 aliphatic heterocycles. The molecular formula is C16H32N2O2. The number of hydrogen-bond donors (Lipinski definition) is 0. The predicted octanol–water partition coefficient (Wildman–Crippen LogP) is 2.24. The van der Waals surface area contributed by atoms with E-state index in [4.69, 9.17) is 4.74 Å². The lowest BCUT2D eigenvalue weighted by Crippen LogP contribution is -2.45. The van der Waals surface area contributed by atoms with Gasteiger partial charge in [0.25, 0.3) is 0 Å². The van der Waals surface area contributed by atoms with Gasteiger partial charge in [-0.3, -0.25) is 4.79 Å². The Morgan fingerprint density at radius 1 is 1.05 bits per heavy atom. The monoisotopic (exact) mass is 284 g/mol. The number of piperazine rings is 1. The molecule has 118 valence electrons. The summed E-state index contributed by atoms with van der Waals surface area (Å²) in [6.07, 6.45) is 0.861. The second kappa shape index (κ2) is 6.90. The lowest BCUT2D eigenvalue weighted by atomic mass is 9.89. The summed E-state index contributed by atoms with van der Waals surface area (Å²) in [4.78, 5) is 17.0. The first kappa shape index (κ1) is 17.4. The quantitative estimate of drug-likeness (QED) is 0.725. The topological polar surface area (TPSA) is 32.8 Å². The van der Waals surface area contributed by atoms with Crippen LogP contribution in [0.15, 0.2) is 0 Å². The van der Waals surface area contributed by atoms with Crippen LogP contribution in [0, 0.1) is 10.8 Å².